The first kappa shape index (κ1) is 20.5. The number of ether oxygens (including phenoxy) is 1. The molecule has 0 aliphatic rings. The average Bonchev–Trinajstić information content (AvgIpc) is 3.10. The van der Waals surface area contributed by atoms with Crippen LogP contribution in [-0.2, 0) is 0 Å². The summed E-state index contributed by atoms with van der Waals surface area (Å²) in [7, 11) is 1.68. The third kappa shape index (κ3) is 4.97. The van der Waals surface area contributed by atoms with E-state index in [1.165, 1.54) is 16.2 Å². The van der Waals surface area contributed by atoms with Gasteiger partial charge in [-0.1, -0.05) is 6.07 Å². The summed E-state index contributed by atoms with van der Waals surface area (Å²) in [4.78, 5) is 35.3. The zero-order valence-corrected chi connectivity index (χ0v) is 17.5. The van der Waals surface area contributed by atoms with Gasteiger partial charge in [0.1, 0.15) is 15.6 Å². The molecule has 0 bridgehead atoms. The fraction of sp³-hybridized carbons (Fsp3) is 0.238. The van der Waals surface area contributed by atoms with Gasteiger partial charge in [-0.25, -0.2) is 14.6 Å². The van der Waals surface area contributed by atoms with Gasteiger partial charge in [-0.2, -0.15) is 0 Å². The summed E-state index contributed by atoms with van der Waals surface area (Å²) in [6, 6.07) is 12.1. The number of carbonyl (C=O) groups excluding carboxylic acids is 2. The summed E-state index contributed by atoms with van der Waals surface area (Å²) >= 11 is 1.25. The molecule has 29 heavy (non-hydrogen) atoms. The molecule has 7 nitrogen and oxygen atoms in total. The summed E-state index contributed by atoms with van der Waals surface area (Å²) in [6.07, 6.45) is 1.68. The summed E-state index contributed by atoms with van der Waals surface area (Å²) in [6.45, 7) is 5.56. The summed E-state index contributed by atoms with van der Waals surface area (Å²) < 4.78 is 5.48. The number of hydrogen-bond donors (Lipinski definition) is 1. The van der Waals surface area contributed by atoms with Crippen LogP contribution in [0.3, 0.4) is 0 Å². The monoisotopic (exact) mass is 410 g/mol. The Morgan fingerprint density at radius 1 is 1.14 bits per heavy atom. The molecule has 0 aliphatic heterocycles. The van der Waals surface area contributed by atoms with Gasteiger partial charge in [0.2, 0.25) is 0 Å². The van der Waals surface area contributed by atoms with E-state index in [0.717, 1.165) is 0 Å². The Bertz CT molecular complexity index is 1000. The Labute approximate surface area is 173 Å². The van der Waals surface area contributed by atoms with Crippen molar-refractivity contribution in [2.45, 2.75) is 26.8 Å². The minimum absolute atomic E-state index is 0.0452. The lowest BCUT2D eigenvalue weighted by molar-refractivity contribution is 0.0739. The fourth-order valence-corrected chi connectivity index (χ4v) is 3.46. The molecule has 0 radical (unpaired) electrons. The summed E-state index contributed by atoms with van der Waals surface area (Å²) in [5.41, 5.74) is 2.00. The molecule has 2 aromatic heterocycles. The Morgan fingerprint density at radius 3 is 2.48 bits per heavy atom. The van der Waals surface area contributed by atoms with Crippen molar-refractivity contribution < 1.29 is 14.3 Å². The normalized spacial score (nSPS) is 10.7. The molecular formula is C21H22N4O3S. The molecule has 2 amide bonds. The number of thiazole rings is 1. The molecule has 0 fully saturated rings. The molecule has 2 heterocycles. The SMILES string of the molecule is Cc1nc(-c2ccccn2)sc1C(=O)Oc1ccc(N(C)C(=O)NC(C)C)cc1. The number of hydrogen-bond acceptors (Lipinski definition) is 6. The van der Waals surface area contributed by atoms with Crippen molar-refractivity contribution in [2.24, 2.45) is 0 Å². The predicted molar refractivity (Wildman–Crippen MR) is 114 cm³/mol. The highest BCUT2D eigenvalue weighted by Gasteiger charge is 2.19. The lowest BCUT2D eigenvalue weighted by Crippen LogP contribution is -2.40. The lowest BCUT2D eigenvalue weighted by atomic mass is 10.3. The molecule has 150 valence electrons. The zero-order valence-electron chi connectivity index (χ0n) is 16.7. The van der Waals surface area contributed by atoms with Crippen molar-refractivity contribution in [1.29, 1.82) is 0 Å². The molecule has 0 aliphatic carbocycles. The van der Waals surface area contributed by atoms with Crippen LogP contribution in [0.2, 0.25) is 0 Å². The van der Waals surface area contributed by atoms with E-state index in [4.69, 9.17) is 4.74 Å². The van der Waals surface area contributed by atoms with Crippen molar-refractivity contribution >= 4 is 29.0 Å². The van der Waals surface area contributed by atoms with Crippen molar-refractivity contribution in [1.82, 2.24) is 15.3 Å². The molecule has 1 N–H and O–H groups in total. The average molecular weight is 410 g/mol. The maximum Gasteiger partial charge on any atom is 0.355 e. The highest BCUT2D eigenvalue weighted by Crippen LogP contribution is 2.28. The van der Waals surface area contributed by atoms with Gasteiger partial charge < -0.3 is 10.1 Å². The smallest absolute Gasteiger partial charge is 0.355 e. The minimum Gasteiger partial charge on any atom is -0.422 e. The molecule has 0 saturated carbocycles. The quantitative estimate of drug-likeness (QED) is 0.501. The van der Waals surface area contributed by atoms with Crippen LogP contribution in [0.25, 0.3) is 10.7 Å². The summed E-state index contributed by atoms with van der Waals surface area (Å²) in [5.74, 6) is -0.0792. The van der Waals surface area contributed by atoms with E-state index in [0.29, 0.717) is 32.7 Å². The van der Waals surface area contributed by atoms with Gasteiger partial charge in [0.05, 0.1) is 11.4 Å². The van der Waals surface area contributed by atoms with Crippen LogP contribution in [0.5, 0.6) is 5.75 Å². The number of aromatic nitrogens is 2. The Balaban J connectivity index is 1.70. The number of rotatable bonds is 5. The number of urea groups is 1. The van der Waals surface area contributed by atoms with Crippen LogP contribution in [-0.4, -0.2) is 35.1 Å². The van der Waals surface area contributed by atoms with Crippen LogP contribution >= 0.6 is 11.3 Å². The molecular weight excluding hydrogens is 388 g/mol. The molecule has 0 atom stereocenters. The van der Waals surface area contributed by atoms with Gasteiger partial charge in [0.15, 0.2) is 0 Å². The molecule has 3 rings (SSSR count). The Morgan fingerprint density at radius 2 is 1.86 bits per heavy atom. The summed E-state index contributed by atoms with van der Waals surface area (Å²) in [5, 5.41) is 3.49. The highest BCUT2D eigenvalue weighted by atomic mass is 32.1. The fourth-order valence-electron chi connectivity index (χ4n) is 2.54. The van der Waals surface area contributed by atoms with Gasteiger partial charge in [-0.15, -0.1) is 11.3 Å². The van der Waals surface area contributed by atoms with Gasteiger partial charge in [-0.3, -0.25) is 9.88 Å². The molecule has 0 spiro atoms. The van der Waals surface area contributed by atoms with Crippen LogP contribution in [0.1, 0.15) is 29.2 Å². The number of esters is 1. The Kier molecular flexibility index (Phi) is 6.23. The standard InChI is InChI=1S/C21H22N4O3S/c1-13(2)23-21(27)25(4)15-8-10-16(11-9-15)28-20(26)18-14(3)24-19(29-18)17-7-5-6-12-22-17/h5-13H,1-4H3,(H,23,27). The van der Waals surface area contributed by atoms with Crippen LogP contribution in [0.15, 0.2) is 48.7 Å². The lowest BCUT2D eigenvalue weighted by Gasteiger charge is -2.19. The number of benzene rings is 1. The highest BCUT2D eigenvalue weighted by molar-refractivity contribution is 7.17. The molecule has 0 unspecified atom stereocenters. The number of carbonyl (C=O) groups is 2. The van der Waals surface area contributed by atoms with Crippen LogP contribution in [0.4, 0.5) is 10.5 Å². The molecule has 3 aromatic rings. The maximum atomic E-state index is 12.6. The van der Waals surface area contributed by atoms with E-state index < -0.39 is 5.97 Å². The third-order valence-electron chi connectivity index (χ3n) is 4.02. The van der Waals surface area contributed by atoms with E-state index in [9.17, 15) is 9.59 Å². The second-order valence-electron chi connectivity index (χ2n) is 6.70. The number of anilines is 1. The van der Waals surface area contributed by atoms with Gasteiger partial charge in [0, 0.05) is 25.0 Å². The van der Waals surface area contributed by atoms with E-state index in [1.807, 2.05) is 32.0 Å². The van der Waals surface area contributed by atoms with E-state index >= 15 is 0 Å². The second kappa shape index (κ2) is 8.83. The van der Waals surface area contributed by atoms with Crippen molar-refractivity contribution in [3.63, 3.8) is 0 Å². The first-order chi connectivity index (χ1) is 13.8. The molecule has 8 heteroatoms. The zero-order chi connectivity index (χ0) is 21.0. The Hall–Kier alpha value is -3.26. The maximum absolute atomic E-state index is 12.6. The molecule has 0 saturated heterocycles. The van der Waals surface area contributed by atoms with Crippen molar-refractivity contribution in [2.75, 3.05) is 11.9 Å². The number of amides is 2. The predicted octanol–water partition coefficient (Wildman–Crippen LogP) is 4.29. The van der Waals surface area contributed by atoms with Gasteiger partial charge in [0.25, 0.3) is 0 Å². The number of nitrogens with zero attached hydrogens (tertiary/aromatic N) is 3. The van der Waals surface area contributed by atoms with Crippen LogP contribution in [0, 0.1) is 6.92 Å². The number of aryl methyl sites for hydroxylation is 1. The van der Waals surface area contributed by atoms with Gasteiger partial charge in [-0.05, 0) is 57.2 Å². The third-order valence-corrected chi connectivity index (χ3v) is 5.18. The number of pyridine rings is 1. The van der Waals surface area contributed by atoms with E-state index in [1.54, 1.807) is 44.4 Å². The first-order valence-corrected chi connectivity index (χ1v) is 9.92. The van der Waals surface area contributed by atoms with Crippen molar-refractivity contribution in [3.05, 3.63) is 59.2 Å². The van der Waals surface area contributed by atoms with Crippen LogP contribution < -0.4 is 15.0 Å². The van der Waals surface area contributed by atoms with Crippen molar-refractivity contribution in [3.8, 4) is 16.5 Å². The largest absolute Gasteiger partial charge is 0.422 e. The van der Waals surface area contributed by atoms with E-state index in [2.05, 4.69) is 15.3 Å². The molecule has 1 aromatic carbocycles. The minimum atomic E-state index is -0.471. The van der Waals surface area contributed by atoms with Gasteiger partial charge >= 0.3 is 12.0 Å². The topological polar surface area (TPSA) is 84.4 Å². The number of nitrogens with one attached hydrogen (secondary N) is 1. The second-order valence-corrected chi connectivity index (χ2v) is 7.69. The van der Waals surface area contributed by atoms with E-state index in [-0.39, 0.29) is 12.1 Å². The first-order valence-electron chi connectivity index (χ1n) is 9.10.